The van der Waals surface area contributed by atoms with E-state index in [9.17, 15) is 0 Å². The molecular weight excluding hydrogens is 161 g/mol. The Hall–Kier alpha value is 0.740. The molecule has 0 spiro atoms. The summed E-state index contributed by atoms with van der Waals surface area (Å²) in [6.45, 7) is 1.21. The lowest BCUT2D eigenvalue weighted by Crippen LogP contribution is -2.16. The van der Waals surface area contributed by atoms with Crippen molar-refractivity contribution in [2.75, 3.05) is 13.6 Å². The van der Waals surface area contributed by atoms with Crippen LogP contribution in [0.3, 0.4) is 0 Å². The molecule has 1 aliphatic carbocycles. The largest absolute Gasteiger partial charge is 0.319 e. The summed E-state index contributed by atoms with van der Waals surface area (Å²) in [5, 5.41) is 4.16. The standard InChI is InChI=1S/C7H16NPS/c1-8-5-6-2-3-7(4-6)10-9/h6-8H,2-5,9H2,1H3/t6-,7?/m1/s1. The lowest BCUT2D eigenvalue weighted by molar-refractivity contribution is 0.517. The monoisotopic (exact) mass is 177 g/mol. The fourth-order valence-electron chi connectivity index (χ4n) is 1.63. The minimum absolute atomic E-state index is 0.920. The molecule has 0 aromatic rings. The average Bonchev–Trinajstić information content (AvgIpc) is 2.37. The molecule has 3 atom stereocenters. The van der Waals surface area contributed by atoms with E-state index >= 15 is 0 Å². The van der Waals surface area contributed by atoms with Crippen LogP contribution in [0.25, 0.3) is 0 Å². The van der Waals surface area contributed by atoms with Crippen molar-refractivity contribution in [1.29, 1.82) is 0 Å². The van der Waals surface area contributed by atoms with Gasteiger partial charge in [-0.15, -0.1) is 11.4 Å². The molecule has 1 fully saturated rings. The Morgan fingerprint density at radius 3 is 2.90 bits per heavy atom. The van der Waals surface area contributed by atoms with Crippen molar-refractivity contribution < 1.29 is 0 Å². The van der Waals surface area contributed by atoms with E-state index in [-0.39, 0.29) is 0 Å². The molecule has 0 saturated heterocycles. The minimum Gasteiger partial charge on any atom is -0.319 e. The van der Waals surface area contributed by atoms with Gasteiger partial charge in [0.2, 0.25) is 0 Å². The van der Waals surface area contributed by atoms with Gasteiger partial charge in [0.25, 0.3) is 0 Å². The van der Waals surface area contributed by atoms with Crippen LogP contribution in [-0.4, -0.2) is 18.8 Å². The van der Waals surface area contributed by atoms with Crippen molar-refractivity contribution in [3.63, 3.8) is 0 Å². The Morgan fingerprint density at radius 2 is 2.40 bits per heavy atom. The van der Waals surface area contributed by atoms with Crippen molar-refractivity contribution in [1.82, 2.24) is 5.32 Å². The van der Waals surface area contributed by atoms with Crippen LogP contribution in [0.15, 0.2) is 0 Å². The van der Waals surface area contributed by atoms with E-state index in [1.807, 2.05) is 18.4 Å². The van der Waals surface area contributed by atoms with Gasteiger partial charge in [-0.3, -0.25) is 0 Å². The van der Waals surface area contributed by atoms with Gasteiger partial charge in [-0.1, -0.05) is 8.44 Å². The average molecular weight is 177 g/mol. The topological polar surface area (TPSA) is 12.0 Å². The van der Waals surface area contributed by atoms with Crippen LogP contribution in [0, 0.1) is 5.92 Å². The quantitative estimate of drug-likeness (QED) is 0.661. The fraction of sp³-hybridized carbons (Fsp3) is 1.00. The normalized spacial score (nSPS) is 33.0. The van der Waals surface area contributed by atoms with Crippen LogP contribution in [0.1, 0.15) is 19.3 Å². The van der Waals surface area contributed by atoms with Gasteiger partial charge in [-0.05, 0) is 38.8 Å². The van der Waals surface area contributed by atoms with Gasteiger partial charge in [0, 0.05) is 5.25 Å². The van der Waals surface area contributed by atoms with Crippen LogP contribution in [0.5, 0.6) is 0 Å². The van der Waals surface area contributed by atoms with Crippen molar-refractivity contribution in [2.45, 2.75) is 24.5 Å². The van der Waals surface area contributed by atoms with E-state index in [1.165, 1.54) is 25.8 Å². The summed E-state index contributed by atoms with van der Waals surface area (Å²) < 4.78 is 0. The number of hydrogen-bond donors (Lipinski definition) is 1. The van der Waals surface area contributed by atoms with E-state index in [1.54, 1.807) is 0 Å². The molecule has 1 aliphatic rings. The molecule has 1 N–H and O–H groups in total. The Bertz CT molecular complexity index is 99.6. The van der Waals surface area contributed by atoms with Crippen molar-refractivity contribution in [3.05, 3.63) is 0 Å². The van der Waals surface area contributed by atoms with E-state index in [0.29, 0.717) is 0 Å². The first-order chi connectivity index (χ1) is 4.86. The molecule has 1 saturated carbocycles. The molecule has 0 bridgehead atoms. The highest BCUT2D eigenvalue weighted by atomic mass is 32.7. The molecule has 0 aromatic carbocycles. The predicted octanol–water partition coefficient (Wildman–Crippen LogP) is 1.90. The molecule has 0 heterocycles. The zero-order valence-corrected chi connectivity index (χ0v) is 8.44. The Kier molecular flexibility index (Phi) is 4.05. The molecule has 0 amide bonds. The lowest BCUT2D eigenvalue weighted by atomic mass is 10.1. The zero-order chi connectivity index (χ0) is 7.40. The molecule has 10 heavy (non-hydrogen) atoms. The highest BCUT2D eigenvalue weighted by molar-refractivity contribution is 8.44. The first kappa shape index (κ1) is 8.83. The molecule has 1 rings (SSSR count). The van der Waals surface area contributed by atoms with Crippen LogP contribution < -0.4 is 5.32 Å². The van der Waals surface area contributed by atoms with Gasteiger partial charge in [0.15, 0.2) is 0 Å². The second-order valence-electron chi connectivity index (χ2n) is 2.99. The first-order valence-corrected chi connectivity index (χ1v) is 6.22. The third-order valence-electron chi connectivity index (χ3n) is 2.18. The van der Waals surface area contributed by atoms with E-state index in [2.05, 4.69) is 13.8 Å². The maximum Gasteiger partial charge on any atom is 0.00866 e. The minimum atomic E-state index is 0.920. The summed E-state index contributed by atoms with van der Waals surface area (Å²) in [6.07, 6.45) is 4.25. The highest BCUT2D eigenvalue weighted by Gasteiger charge is 2.22. The van der Waals surface area contributed by atoms with Gasteiger partial charge in [0.05, 0.1) is 0 Å². The summed E-state index contributed by atoms with van der Waals surface area (Å²) in [7, 11) is 4.81. The van der Waals surface area contributed by atoms with E-state index in [4.69, 9.17) is 0 Å². The first-order valence-electron chi connectivity index (χ1n) is 3.87. The molecule has 1 nitrogen and oxygen atoms in total. The van der Waals surface area contributed by atoms with Crippen LogP contribution in [-0.2, 0) is 0 Å². The summed E-state index contributed by atoms with van der Waals surface area (Å²) in [4.78, 5) is 0. The molecule has 0 radical (unpaired) electrons. The Labute approximate surface area is 69.7 Å². The molecular formula is C7H16NPS. The second kappa shape index (κ2) is 4.58. The van der Waals surface area contributed by atoms with Crippen molar-refractivity contribution in [2.24, 2.45) is 5.92 Å². The second-order valence-corrected chi connectivity index (χ2v) is 4.75. The van der Waals surface area contributed by atoms with Gasteiger partial charge < -0.3 is 5.32 Å². The van der Waals surface area contributed by atoms with Gasteiger partial charge in [0.1, 0.15) is 0 Å². The SMILES string of the molecule is CNC[C@@H]1CCC(SP)C1. The third kappa shape index (κ3) is 2.41. The maximum absolute atomic E-state index is 3.24. The summed E-state index contributed by atoms with van der Waals surface area (Å²) in [6, 6.07) is 0. The fourth-order valence-corrected chi connectivity index (χ4v) is 3.02. The van der Waals surface area contributed by atoms with Crippen molar-refractivity contribution >= 4 is 19.8 Å². The summed E-state index contributed by atoms with van der Waals surface area (Å²) in [5.41, 5.74) is 0. The highest BCUT2D eigenvalue weighted by Crippen LogP contribution is 2.36. The molecule has 3 heteroatoms. The van der Waals surface area contributed by atoms with Gasteiger partial charge in [-0.2, -0.15) is 0 Å². The molecule has 2 unspecified atom stereocenters. The molecule has 0 aromatic heterocycles. The molecule has 60 valence electrons. The lowest BCUT2D eigenvalue weighted by Gasteiger charge is -2.07. The Morgan fingerprint density at radius 1 is 1.60 bits per heavy atom. The van der Waals surface area contributed by atoms with Gasteiger partial charge in [-0.25, -0.2) is 0 Å². The van der Waals surface area contributed by atoms with Crippen LogP contribution in [0.4, 0.5) is 0 Å². The summed E-state index contributed by atoms with van der Waals surface area (Å²) >= 11 is 1.95. The van der Waals surface area contributed by atoms with E-state index < -0.39 is 0 Å². The summed E-state index contributed by atoms with van der Waals surface area (Å²) in [5.74, 6) is 0.947. The molecule has 0 aliphatic heterocycles. The number of hydrogen-bond acceptors (Lipinski definition) is 2. The number of nitrogens with one attached hydrogen (secondary N) is 1. The zero-order valence-electron chi connectivity index (χ0n) is 6.47. The van der Waals surface area contributed by atoms with E-state index in [0.717, 1.165) is 11.2 Å². The smallest absolute Gasteiger partial charge is 0.00866 e. The Balaban J connectivity index is 2.15. The third-order valence-corrected chi connectivity index (χ3v) is 4.15. The maximum atomic E-state index is 3.24. The van der Waals surface area contributed by atoms with Gasteiger partial charge >= 0.3 is 0 Å². The number of rotatable bonds is 3. The van der Waals surface area contributed by atoms with Crippen molar-refractivity contribution in [3.8, 4) is 0 Å². The van der Waals surface area contributed by atoms with Crippen LogP contribution >= 0.6 is 19.8 Å². The predicted molar refractivity (Wildman–Crippen MR) is 52.4 cm³/mol. The van der Waals surface area contributed by atoms with Crippen LogP contribution in [0.2, 0.25) is 0 Å².